The number of carbonyl (C=O) groups excluding carboxylic acids is 2. The maximum atomic E-state index is 13.4. The van der Waals surface area contributed by atoms with Gasteiger partial charge >= 0.3 is 12.1 Å². The van der Waals surface area contributed by atoms with Crippen molar-refractivity contribution in [2.45, 2.75) is 26.4 Å². The normalized spacial score (nSPS) is 15.2. The minimum atomic E-state index is -0.584. The van der Waals surface area contributed by atoms with Gasteiger partial charge in [-0.3, -0.25) is 0 Å². The third kappa shape index (κ3) is 4.37. The van der Waals surface area contributed by atoms with Crippen LogP contribution in [-0.2, 0) is 9.47 Å². The molecule has 1 aliphatic rings. The quantitative estimate of drug-likeness (QED) is 0.776. The maximum Gasteiger partial charge on any atom is 0.410 e. The fourth-order valence-corrected chi connectivity index (χ4v) is 2.51. The number of piperazine rings is 1. The Hall–Kier alpha value is -2.31. The van der Waals surface area contributed by atoms with Crippen molar-refractivity contribution in [2.24, 2.45) is 0 Å². The van der Waals surface area contributed by atoms with Crippen molar-refractivity contribution in [3.05, 3.63) is 29.6 Å². The van der Waals surface area contributed by atoms with Gasteiger partial charge in [-0.15, -0.1) is 0 Å². The van der Waals surface area contributed by atoms with E-state index in [2.05, 4.69) is 0 Å². The van der Waals surface area contributed by atoms with Gasteiger partial charge in [0.25, 0.3) is 0 Å². The van der Waals surface area contributed by atoms with Gasteiger partial charge in [0.2, 0.25) is 0 Å². The highest BCUT2D eigenvalue weighted by Crippen LogP contribution is 2.24. The molecule has 0 N–H and O–H groups in total. The lowest BCUT2D eigenvalue weighted by Crippen LogP contribution is -2.50. The minimum absolute atomic E-state index is 0.184. The standard InChI is InChI=1S/C17H23FN2O4/c1-17(2,3)24-16(22)20-9-7-19(8-10-20)14-6-5-12(18)11-13(14)15(21)23-4/h5-6,11H,7-10H2,1-4H3. The van der Waals surface area contributed by atoms with Gasteiger partial charge in [-0.2, -0.15) is 0 Å². The van der Waals surface area contributed by atoms with Crippen molar-refractivity contribution >= 4 is 17.7 Å². The summed E-state index contributed by atoms with van der Waals surface area (Å²) in [4.78, 5) is 27.5. The van der Waals surface area contributed by atoms with E-state index in [1.54, 1.807) is 11.0 Å². The molecule has 0 bridgehead atoms. The molecule has 0 unspecified atom stereocenters. The largest absolute Gasteiger partial charge is 0.465 e. The number of benzene rings is 1. The van der Waals surface area contributed by atoms with Gasteiger partial charge in [-0.1, -0.05) is 0 Å². The van der Waals surface area contributed by atoms with Crippen LogP contribution in [0.1, 0.15) is 31.1 Å². The number of hydrogen-bond donors (Lipinski definition) is 0. The number of hydrogen-bond acceptors (Lipinski definition) is 5. The lowest BCUT2D eigenvalue weighted by Gasteiger charge is -2.37. The average molecular weight is 338 g/mol. The van der Waals surface area contributed by atoms with Crippen molar-refractivity contribution in [3.63, 3.8) is 0 Å². The topological polar surface area (TPSA) is 59.1 Å². The highest BCUT2D eigenvalue weighted by molar-refractivity contribution is 5.95. The van der Waals surface area contributed by atoms with Crippen LogP contribution in [0.4, 0.5) is 14.9 Å². The number of amides is 1. The third-order valence-corrected chi connectivity index (χ3v) is 3.64. The Morgan fingerprint density at radius 1 is 1.12 bits per heavy atom. The van der Waals surface area contributed by atoms with E-state index in [0.29, 0.717) is 31.9 Å². The minimum Gasteiger partial charge on any atom is -0.465 e. The van der Waals surface area contributed by atoms with Gasteiger partial charge in [0.05, 0.1) is 18.4 Å². The predicted octanol–water partition coefficient (Wildman–Crippen LogP) is 2.67. The van der Waals surface area contributed by atoms with Crippen LogP contribution in [0.25, 0.3) is 0 Å². The monoisotopic (exact) mass is 338 g/mol. The molecule has 1 saturated heterocycles. The second kappa shape index (κ2) is 7.07. The Bertz CT molecular complexity index is 620. The van der Waals surface area contributed by atoms with E-state index in [-0.39, 0.29) is 11.7 Å². The molecule has 132 valence electrons. The fourth-order valence-electron chi connectivity index (χ4n) is 2.51. The number of halogens is 1. The molecule has 1 aromatic rings. The molecule has 0 aliphatic carbocycles. The molecule has 0 aromatic heterocycles. The molecule has 0 radical (unpaired) electrons. The predicted molar refractivity (Wildman–Crippen MR) is 87.8 cm³/mol. The molecular weight excluding hydrogens is 315 g/mol. The summed E-state index contributed by atoms with van der Waals surface area (Å²) >= 11 is 0. The Labute approximate surface area is 141 Å². The Balaban J connectivity index is 2.07. The first kappa shape index (κ1) is 18.0. The van der Waals surface area contributed by atoms with Crippen LogP contribution in [0.2, 0.25) is 0 Å². The molecule has 1 fully saturated rings. The Morgan fingerprint density at radius 3 is 2.29 bits per heavy atom. The summed E-state index contributed by atoms with van der Waals surface area (Å²) in [5.41, 5.74) is 0.249. The molecule has 0 spiro atoms. The van der Waals surface area contributed by atoms with Crippen LogP contribution in [0.15, 0.2) is 18.2 Å². The van der Waals surface area contributed by atoms with E-state index in [4.69, 9.17) is 9.47 Å². The first-order chi connectivity index (χ1) is 11.2. The van der Waals surface area contributed by atoms with E-state index < -0.39 is 17.4 Å². The van der Waals surface area contributed by atoms with E-state index in [9.17, 15) is 14.0 Å². The molecular formula is C17H23FN2O4. The SMILES string of the molecule is COC(=O)c1cc(F)ccc1N1CCN(C(=O)OC(C)(C)C)CC1. The molecule has 0 saturated carbocycles. The lowest BCUT2D eigenvalue weighted by atomic mass is 10.1. The fraction of sp³-hybridized carbons (Fsp3) is 0.529. The summed E-state index contributed by atoms with van der Waals surface area (Å²) in [6.45, 7) is 7.44. The molecule has 1 aliphatic heterocycles. The van der Waals surface area contributed by atoms with Gasteiger partial charge in [-0.05, 0) is 39.0 Å². The van der Waals surface area contributed by atoms with Crippen molar-refractivity contribution < 1.29 is 23.5 Å². The van der Waals surface area contributed by atoms with E-state index in [0.717, 1.165) is 0 Å². The number of esters is 1. The number of ether oxygens (including phenoxy) is 2. The van der Waals surface area contributed by atoms with Crippen molar-refractivity contribution in [1.29, 1.82) is 0 Å². The van der Waals surface area contributed by atoms with E-state index in [1.807, 2.05) is 25.7 Å². The van der Waals surface area contributed by atoms with Crippen LogP contribution >= 0.6 is 0 Å². The molecule has 24 heavy (non-hydrogen) atoms. The maximum absolute atomic E-state index is 13.4. The molecule has 1 aromatic carbocycles. The van der Waals surface area contributed by atoms with Gasteiger partial charge in [0.15, 0.2) is 0 Å². The Kier molecular flexibility index (Phi) is 5.31. The smallest absolute Gasteiger partial charge is 0.410 e. The number of anilines is 1. The second-order valence-corrected chi connectivity index (χ2v) is 6.61. The van der Waals surface area contributed by atoms with E-state index in [1.165, 1.54) is 19.2 Å². The summed E-state index contributed by atoms with van der Waals surface area (Å²) < 4.78 is 23.5. The van der Waals surface area contributed by atoms with E-state index >= 15 is 0 Å². The van der Waals surface area contributed by atoms with Crippen molar-refractivity contribution in [1.82, 2.24) is 4.90 Å². The summed E-state index contributed by atoms with van der Waals surface area (Å²) in [5, 5.41) is 0. The van der Waals surface area contributed by atoms with Crippen molar-refractivity contribution in [2.75, 3.05) is 38.2 Å². The number of carbonyl (C=O) groups is 2. The second-order valence-electron chi connectivity index (χ2n) is 6.61. The van der Waals surface area contributed by atoms with Gasteiger partial charge in [0.1, 0.15) is 11.4 Å². The lowest BCUT2D eigenvalue weighted by molar-refractivity contribution is 0.0240. The van der Waals surface area contributed by atoms with Gasteiger partial charge < -0.3 is 19.3 Å². The van der Waals surface area contributed by atoms with Crippen LogP contribution in [0.3, 0.4) is 0 Å². The number of rotatable bonds is 2. The van der Waals surface area contributed by atoms with Crippen LogP contribution < -0.4 is 4.90 Å². The molecule has 1 heterocycles. The van der Waals surface area contributed by atoms with Crippen LogP contribution in [-0.4, -0.2) is 55.9 Å². The molecule has 0 atom stereocenters. The van der Waals surface area contributed by atoms with Crippen molar-refractivity contribution in [3.8, 4) is 0 Å². The Morgan fingerprint density at radius 2 is 1.75 bits per heavy atom. The molecule has 2 rings (SSSR count). The third-order valence-electron chi connectivity index (χ3n) is 3.64. The zero-order valence-electron chi connectivity index (χ0n) is 14.5. The van der Waals surface area contributed by atoms with Crippen LogP contribution in [0.5, 0.6) is 0 Å². The first-order valence-electron chi connectivity index (χ1n) is 7.82. The first-order valence-corrected chi connectivity index (χ1v) is 7.82. The summed E-state index contributed by atoms with van der Waals surface area (Å²) in [7, 11) is 1.26. The number of methoxy groups -OCH3 is 1. The van der Waals surface area contributed by atoms with Crippen LogP contribution in [0, 0.1) is 5.82 Å². The number of nitrogens with zero attached hydrogens (tertiary/aromatic N) is 2. The zero-order valence-corrected chi connectivity index (χ0v) is 14.5. The summed E-state index contributed by atoms with van der Waals surface area (Å²) in [6, 6.07) is 4.04. The highest BCUT2D eigenvalue weighted by atomic mass is 19.1. The van der Waals surface area contributed by atoms with Gasteiger partial charge in [0, 0.05) is 26.2 Å². The molecule has 7 heteroatoms. The zero-order chi connectivity index (χ0) is 17.9. The highest BCUT2D eigenvalue weighted by Gasteiger charge is 2.27. The molecule has 6 nitrogen and oxygen atoms in total. The molecule has 1 amide bonds. The average Bonchev–Trinajstić information content (AvgIpc) is 2.52. The van der Waals surface area contributed by atoms with Gasteiger partial charge in [-0.25, -0.2) is 14.0 Å². The summed E-state index contributed by atoms with van der Waals surface area (Å²) in [6.07, 6.45) is -0.352. The summed E-state index contributed by atoms with van der Waals surface area (Å²) in [5.74, 6) is -1.08.